The van der Waals surface area contributed by atoms with Crippen LogP contribution in [0.1, 0.15) is 30.0 Å². The van der Waals surface area contributed by atoms with Gasteiger partial charge in [-0.2, -0.15) is 4.73 Å². The molecule has 0 atom stereocenters. The average molecular weight is 414 g/mol. The lowest BCUT2D eigenvalue weighted by molar-refractivity contribution is -0.615. The molecule has 2 heterocycles. The summed E-state index contributed by atoms with van der Waals surface area (Å²) in [5.74, 6) is 0.987. The van der Waals surface area contributed by atoms with Gasteiger partial charge in [-0.3, -0.25) is 0 Å². The standard InChI is InChI=1S/C21H20BrNO3/c22-20-19-7-6-18(26-14-15-4-2-1-3-5-15)12-17(19)13-23(24)21(20)16-8-10-25-11-9-16/h1-7,12-13,16H,8-11,14H2. The van der Waals surface area contributed by atoms with Gasteiger partial charge in [-0.25, -0.2) is 0 Å². The smallest absolute Gasteiger partial charge is 0.210 e. The van der Waals surface area contributed by atoms with E-state index in [2.05, 4.69) is 15.9 Å². The number of aromatic nitrogens is 1. The lowest BCUT2D eigenvalue weighted by atomic mass is 9.94. The van der Waals surface area contributed by atoms with E-state index in [1.54, 1.807) is 6.20 Å². The second kappa shape index (κ2) is 7.64. The first-order valence-corrected chi connectivity index (χ1v) is 9.61. The van der Waals surface area contributed by atoms with Gasteiger partial charge in [0.15, 0.2) is 6.20 Å². The maximum absolute atomic E-state index is 12.6. The molecule has 0 aliphatic carbocycles. The Bertz CT molecular complexity index is 908. The molecule has 0 saturated carbocycles. The average Bonchev–Trinajstić information content (AvgIpc) is 2.68. The number of ether oxygens (including phenoxy) is 2. The van der Waals surface area contributed by atoms with Crippen LogP contribution in [0.15, 0.2) is 59.2 Å². The Kier molecular flexibility index (Phi) is 5.09. The van der Waals surface area contributed by atoms with Gasteiger partial charge in [0.05, 0.1) is 15.8 Å². The largest absolute Gasteiger partial charge is 0.618 e. The molecule has 134 valence electrons. The molecular formula is C21H20BrNO3. The number of hydrogen-bond donors (Lipinski definition) is 0. The number of halogens is 1. The molecule has 0 bridgehead atoms. The van der Waals surface area contributed by atoms with Gasteiger partial charge in [0.25, 0.3) is 0 Å². The molecule has 2 aromatic carbocycles. The van der Waals surface area contributed by atoms with Gasteiger partial charge in [0, 0.05) is 18.6 Å². The summed E-state index contributed by atoms with van der Waals surface area (Å²) in [7, 11) is 0. The first kappa shape index (κ1) is 17.3. The number of fused-ring (bicyclic) bond motifs is 1. The van der Waals surface area contributed by atoms with Crippen molar-refractivity contribution in [3.05, 3.63) is 75.7 Å². The molecule has 1 saturated heterocycles. The topological polar surface area (TPSA) is 45.4 Å². The van der Waals surface area contributed by atoms with E-state index >= 15 is 0 Å². The first-order chi connectivity index (χ1) is 12.7. The van der Waals surface area contributed by atoms with E-state index in [1.165, 1.54) is 0 Å². The Hall–Kier alpha value is -2.11. The molecule has 4 rings (SSSR count). The van der Waals surface area contributed by atoms with Gasteiger partial charge >= 0.3 is 0 Å². The Labute approximate surface area is 161 Å². The Morgan fingerprint density at radius 1 is 1.12 bits per heavy atom. The van der Waals surface area contributed by atoms with Crippen molar-refractivity contribution in [1.29, 1.82) is 0 Å². The van der Waals surface area contributed by atoms with Gasteiger partial charge in [0.1, 0.15) is 12.4 Å². The summed E-state index contributed by atoms with van der Waals surface area (Å²) >= 11 is 3.67. The van der Waals surface area contributed by atoms with Crippen LogP contribution in [0, 0.1) is 5.21 Å². The molecule has 1 aromatic heterocycles. The van der Waals surface area contributed by atoms with Gasteiger partial charge in [-0.1, -0.05) is 30.3 Å². The van der Waals surface area contributed by atoms with Crippen molar-refractivity contribution in [2.24, 2.45) is 0 Å². The minimum absolute atomic E-state index is 0.231. The lowest BCUT2D eigenvalue weighted by Crippen LogP contribution is -2.35. The number of rotatable bonds is 4. The SMILES string of the molecule is [O-][n+]1cc2cc(OCc3ccccc3)ccc2c(Br)c1C1CCOCC1. The highest BCUT2D eigenvalue weighted by Crippen LogP contribution is 2.35. The van der Waals surface area contributed by atoms with Crippen molar-refractivity contribution in [1.82, 2.24) is 0 Å². The molecule has 1 aliphatic rings. The van der Waals surface area contributed by atoms with E-state index in [1.807, 2.05) is 48.5 Å². The van der Waals surface area contributed by atoms with Gasteiger partial charge in [0.2, 0.25) is 5.69 Å². The van der Waals surface area contributed by atoms with Crippen molar-refractivity contribution in [2.45, 2.75) is 25.4 Å². The van der Waals surface area contributed by atoms with Crippen LogP contribution in [0.5, 0.6) is 5.75 Å². The zero-order valence-corrected chi connectivity index (χ0v) is 15.9. The molecule has 26 heavy (non-hydrogen) atoms. The summed E-state index contributed by atoms with van der Waals surface area (Å²) in [5, 5.41) is 14.6. The second-order valence-electron chi connectivity index (χ2n) is 6.56. The molecule has 4 nitrogen and oxygen atoms in total. The number of benzene rings is 2. The quantitative estimate of drug-likeness (QED) is 0.459. The summed E-state index contributed by atoms with van der Waals surface area (Å²) in [5.41, 5.74) is 1.92. The molecule has 0 amide bonds. The predicted molar refractivity (Wildman–Crippen MR) is 104 cm³/mol. The molecule has 1 aliphatic heterocycles. The number of pyridine rings is 1. The third kappa shape index (κ3) is 3.55. The van der Waals surface area contributed by atoms with Crippen LogP contribution in [0.25, 0.3) is 10.8 Å². The molecule has 5 heteroatoms. The summed E-state index contributed by atoms with van der Waals surface area (Å²) in [4.78, 5) is 0. The highest BCUT2D eigenvalue weighted by atomic mass is 79.9. The zero-order chi connectivity index (χ0) is 17.9. The van der Waals surface area contributed by atoms with Crippen LogP contribution in [0.3, 0.4) is 0 Å². The van der Waals surface area contributed by atoms with Crippen molar-refractivity contribution < 1.29 is 14.2 Å². The third-order valence-corrected chi connectivity index (χ3v) is 5.67. The van der Waals surface area contributed by atoms with Gasteiger partial charge in [-0.05, 0) is 52.5 Å². The Morgan fingerprint density at radius 3 is 2.65 bits per heavy atom. The molecule has 0 spiro atoms. The van der Waals surface area contributed by atoms with Crippen molar-refractivity contribution in [3.63, 3.8) is 0 Å². The summed E-state index contributed by atoms with van der Waals surface area (Å²) < 4.78 is 13.2. The van der Waals surface area contributed by atoms with E-state index in [0.29, 0.717) is 19.8 Å². The Balaban J connectivity index is 1.62. The fourth-order valence-corrected chi connectivity index (χ4v) is 4.30. The molecular weight excluding hydrogens is 394 g/mol. The minimum Gasteiger partial charge on any atom is -0.618 e. The maximum atomic E-state index is 12.6. The number of hydrogen-bond acceptors (Lipinski definition) is 3. The van der Waals surface area contributed by atoms with E-state index in [4.69, 9.17) is 9.47 Å². The molecule has 0 N–H and O–H groups in total. The molecule has 0 unspecified atom stereocenters. The van der Waals surface area contributed by atoms with Crippen molar-refractivity contribution in [3.8, 4) is 5.75 Å². The molecule has 3 aromatic rings. The normalized spacial score (nSPS) is 15.3. The first-order valence-electron chi connectivity index (χ1n) is 8.82. The summed E-state index contributed by atoms with van der Waals surface area (Å²) in [6, 6.07) is 15.9. The fraction of sp³-hybridized carbons (Fsp3) is 0.286. The predicted octanol–water partition coefficient (Wildman–Crippen LogP) is 4.71. The van der Waals surface area contributed by atoms with Crippen LogP contribution in [-0.4, -0.2) is 13.2 Å². The highest BCUT2D eigenvalue weighted by molar-refractivity contribution is 9.10. The van der Waals surface area contributed by atoms with Crippen LogP contribution in [0.2, 0.25) is 0 Å². The van der Waals surface area contributed by atoms with E-state index in [-0.39, 0.29) is 5.92 Å². The zero-order valence-electron chi connectivity index (χ0n) is 14.4. The van der Waals surface area contributed by atoms with E-state index < -0.39 is 0 Å². The van der Waals surface area contributed by atoms with Gasteiger partial charge in [-0.15, -0.1) is 0 Å². The monoisotopic (exact) mass is 413 g/mol. The second-order valence-corrected chi connectivity index (χ2v) is 7.36. The lowest BCUT2D eigenvalue weighted by Gasteiger charge is -2.22. The maximum Gasteiger partial charge on any atom is 0.210 e. The van der Waals surface area contributed by atoms with E-state index in [0.717, 1.165) is 49.8 Å². The van der Waals surface area contributed by atoms with Crippen molar-refractivity contribution in [2.75, 3.05) is 13.2 Å². The van der Waals surface area contributed by atoms with Crippen LogP contribution >= 0.6 is 15.9 Å². The van der Waals surface area contributed by atoms with E-state index in [9.17, 15) is 5.21 Å². The third-order valence-electron chi connectivity index (χ3n) is 4.83. The highest BCUT2D eigenvalue weighted by Gasteiger charge is 2.27. The minimum atomic E-state index is 0.231. The summed E-state index contributed by atoms with van der Waals surface area (Å²) in [6.45, 7) is 1.92. The van der Waals surface area contributed by atoms with Crippen molar-refractivity contribution >= 4 is 26.7 Å². The summed E-state index contributed by atoms with van der Waals surface area (Å²) in [6.07, 6.45) is 3.41. The molecule has 0 radical (unpaired) electrons. The van der Waals surface area contributed by atoms with Crippen LogP contribution < -0.4 is 9.47 Å². The Morgan fingerprint density at radius 2 is 1.88 bits per heavy atom. The van der Waals surface area contributed by atoms with Gasteiger partial charge < -0.3 is 14.7 Å². The fourth-order valence-electron chi connectivity index (χ4n) is 3.44. The molecule has 1 fully saturated rings. The number of nitrogens with zero attached hydrogens (tertiary/aromatic N) is 1. The van der Waals surface area contributed by atoms with Crippen LogP contribution in [-0.2, 0) is 11.3 Å². The van der Waals surface area contributed by atoms with Crippen LogP contribution in [0.4, 0.5) is 0 Å².